The van der Waals surface area contributed by atoms with Crippen LogP contribution in [0.1, 0.15) is 23.3 Å². The first-order valence-corrected chi connectivity index (χ1v) is 24.6. The van der Waals surface area contributed by atoms with Gasteiger partial charge in [-0.2, -0.15) is 0 Å². The van der Waals surface area contributed by atoms with Gasteiger partial charge in [-0.3, -0.25) is 0 Å². The maximum absolute atomic E-state index is 3.74. The lowest BCUT2D eigenvalue weighted by atomic mass is 10.1. The van der Waals surface area contributed by atoms with Gasteiger partial charge in [0.05, 0.1) is 30.2 Å². The summed E-state index contributed by atoms with van der Waals surface area (Å²) in [5.41, 5.74) is 13.6. The van der Waals surface area contributed by atoms with Crippen LogP contribution in [0.15, 0.2) is 157 Å². The molecule has 0 saturated carbocycles. The molecule has 0 bridgehead atoms. The molecule has 0 atom stereocenters. The molecule has 2 aliphatic carbocycles. The zero-order valence-electron chi connectivity index (χ0n) is 33.5. The minimum atomic E-state index is 0.823. The molecule has 4 nitrogen and oxygen atoms in total. The predicted molar refractivity (Wildman–Crippen MR) is 269 cm³/mol. The van der Waals surface area contributed by atoms with Crippen molar-refractivity contribution >= 4 is 141 Å². The molecule has 62 heavy (non-hydrogen) atoms. The monoisotopic (exact) mass is 868 g/mol. The van der Waals surface area contributed by atoms with Crippen LogP contribution in [0.25, 0.3) is 84.1 Å². The molecule has 8 heteroatoms. The fourth-order valence-electron chi connectivity index (χ4n) is 10.5. The van der Waals surface area contributed by atoms with Gasteiger partial charge in [-0.05, 0) is 66.3 Å². The van der Waals surface area contributed by atoms with Crippen molar-refractivity contribution in [2.24, 2.45) is 0 Å². The lowest BCUT2D eigenvalue weighted by Crippen LogP contribution is -2.37. The molecule has 10 aromatic rings. The first-order chi connectivity index (χ1) is 30.8. The first kappa shape index (κ1) is 35.3. The molecular formula is C54H36N4S4. The van der Waals surface area contributed by atoms with Crippen molar-refractivity contribution in [2.45, 2.75) is 12.8 Å². The number of anilines is 2. The van der Waals surface area contributed by atoms with Crippen LogP contribution in [-0.4, -0.2) is 36.0 Å². The smallest absolute Gasteiger partial charge is 0.156 e. The highest BCUT2D eigenvalue weighted by Gasteiger charge is 2.42. The molecule has 6 heterocycles. The predicted octanol–water partition coefficient (Wildman–Crippen LogP) is 13.1. The second kappa shape index (κ2) is 13.6. The zero-order chi connectivity index (χ0) is 40.5. The van der Waals surface area contributed by atoms with Gasteiger partial charge in [-0.1, -0.05) is 109 Å². The fourth-order valence-corrected chi connectivity index (χ4v) is 15.4. The molecule has 0 unspecified atom stereocenters. The van der Waals surface area contributed by atoms with Gasteiger partial charge in [-0.15, -0.1) is 45.3 Å². The standard InChI is InChI=1S/C54H36N4S4/c1-5-25-45-33(13-1)37-17-9-21-41(49(37)59-45)55-29-30-56(42-22-10-18-38-34-14-2-6-26-46(34)60-50(38)42)53(55)54-57(43-23-11-19-39-35-15-3-7-27-47(35)61-51(39)43)31-32-58(54)44-24-12-20-40-36-16-4-8-28-48(36)62-52(40)44/h1-9,11,13-21,23,25-28H,10,22,29-32H2/b54-53-. The average Bonchev–Trinajstić information content (AvgIpc) is 4.18. The number of hydrogen-bond donors (Lipinski definition) is 0. The number of thiophene rings is 4. The number of benzene rings is 6. The maximum atomic E-state index is 3.74. The van der Waals surface area contributed by atoms with Crippen LogP contribution in [-0.2, 0) is 0 Å². The first-order valence-electron chi connectivity index (χ1n) is 21.4. The second-order valence-electron chi connectivity index (χ2n) is 16.4. The second-order valence-corrected chi connectivity index (χ2v) is 20.6. The van der Waals surface area contributed by atoms with Crippen LogP contribution in [0.2, 0.25) is 0 Å². The van der Waals surface area contributed by atoms with E-state index in [2.05, 4.69) is 177 Å². The highest BCUT2D eigenvalue weighted by atomic mass is 32.1. The van der Waals surface area contributed by atoms with Crippen molar-refractivity contribution < 1.29 is 0 Å². The third kappa shape index (κ3) is 5.05. The van der Waals surface area contributed by atoms with Gasteiger partial charge in [0.2, 0.25) is 0 Å². The average molecular weight is 869 g/mol. The summed E-state index contributed by atoms with van der Waals surface area (Å²) in [6.45, 7) is 3.43. The van der Waals surface area contributed by atoms with Crippen molar-refractivity contribution in [3.8, 4) is 0 Å². The number of fused-ring (bicyclic) bond motifs is 12. The maximum Gasteiger partial charge on any atom is 0.156 e. The molecule has 2 aliphatic heterocycles. The molecule has 0 spiro atoms. The van der Waals surface area contributed by atoms with E-state index in [4.69, 9.17) is 0 Å². The zero-order valence-corrected chi connectivity index (χ0v) is 36.8. The lowest BCUT2D eigenvalue weighted by molar-refractivity contribution is 0.493. The molecule has 0 N–H and O–H groups in total. The Morgan fingerprint density at radius 1 is 0.452 bits per heavy atom. The van der Waals surface area contributed by atoms with Gasteiger partial charge in [0, 0.05) is 88.6 Å². The van der Waals surface area contributed by atoms with Gasteiger partial charge < -0.3 is 19.6 Å². The van der Waals surface area contributed by atoms with Crippen LogP contribution >= 0.6 is 45.3 Å². The van der Waals surface area contributed by atoms with Crippen LogP contribution in [0, 0.1) is 0 Å². The summed E-state index contributed by atoms with van der Waals surface area (Å²) < 4.78 is 9.39. The van der Waals surface area contributed by atoms with E-state index < -0.39 is 0 Å². The van der Waals surface area contributed by atoms with Crippen molar-refractivity contribution in [3.05, 3.63) is 177 Å². The van der Waals surface area contributed by atoms with Crippen LogP contribution in [0.3, 0.4) is 0 Å². The molecule has 4 aliphatic rings. The quantitative estimate of drug-likeness (QED) is 0.163. The summed E-state index contributed by atoms with van der Waals surface area (Å²) in [5, 5.41) is 9.34. The lowest BCUT2D eigenvalue weighted by Gasteiger charge is -2.35. The number of nitrogens with zero attached hydrogens (tertiary/aromatic N) is 4. The molecule has 14 rings (SSSR count). The Balaban J connectivity index is 1.09. The highest BCUT2D eigenvalue weighted by Crippen LogP contribution is 2.49. The Morgan fingerprint density at radius 2 is 0.968 bits per heavy atom. The topological polar surface area (TPSA) is 13.0 Å². The molecule has 0 radical (unpaired) electrons. The summed E-state index contributed by atoms with van der Waals surface area (Å²) >= 11 is 7.68. The summed E-state index contributed by atoms with van der Waals surface area (Å²) in [6.07, 6.45) is 6.64. The largest absolute Gasteiger partial charge is 0.325 e. The van der Waals surface area contributed by atoms with Gasteiger partial charge in [0.1, 0.15) is 5.70 Å². The normalized spacial score (nSPS) is 17.5. The van der Waals surface area contributed by atoms with E-state index in [0.717, 1.165) is 44.7 Å². The molecule has 4 aromatic heterocycles. The Bertz CT molecular complexity index is 3840. The summed E-state index contributed by atoms with van der Waals surface area (Å²) in [6, 6.07) is 49.5. The van der Waals surface area contributed by atoms with Crippen molar-refractivity contribution in [1.29, 1.82) is 0 Å². The minimum absolute atomic E-state index is 0.823. The van der Waals surface area contributed by atoms with Crippen LogP contribution in [0.4, 0.5) is 11.4 Å². The Morgan fingerprint density at radius 3 is 1.63 bits per heavy atom. The minimum Gasteiger partial charge on any atom is -0.325 e. The Hall–Kier alpha value is -6.34. The summed E-state index contributed by atoms with van der Waals surface area (Å²) in [7, 11) is 0. The molecule has 2 saturated heterocycles. The van der Waals surface area contributed by atoms with Gasteiger partial charge in [0.25, 0.3) is 0 Å². The molecule has 0 amide bonds. The number of hydrogen-bond acceptors (Lipinski definition) is 8. The Kier molecular flexibility index (Phi) is 7.73. The van der Waals surface area contributed by atoms with E-state index in [1.165, 1.54) is 109 Å². The Labute approximate surface area is 373 Å². The van der Waals surface area contributed by atoms with E-state index in [0.29, 0.717) is 0 Å². The van der Waals surface area contributed by atoms with Gasteiger partial charge >= 0.3 is 0 Å². The van der Waals surface area contributed by atoms with E-state index in [9.17, 15) is 0 Å². The van der Waals surface area contributed by atoms with Crippen molar-refractivity contribution in [3.63, 3.8) is 0 Å². The summed E-state index contributed by atoms with van der Waals surface area (Å²) in [5.74, 6) is 2.46. The van der Waals surface area contributed by atoms with E-state index >= 15 is 0 Å². The fraction of sp³-hybridized carbons (Fsp3) is 0.111. The number of rotatable bonds is 4. The molecule has 2 fully saturated rings. The van der Waals surface area contributed by atoms with E-state index in [1.807, 2.05) is 45.3 Å². The molecule has 6 aromatic carbocycles. The van der Waals surface area contributed by atoms with Crippen molar-refractivity contribution in [1.82, 2.24) is 9.80 Å². The third-order valence-corrected chi connectivity index (χ3v) is 18.0. The molecule has 296 valence electrons. The SMILES string of the molecule is C1=C=C(N2CCN(c3cccc4c3sc3ccccc34)/C2=C2/N(C3=c4sc5ccccc5c4=CCC3)CCN2c2cccc3c2sc2ccccc23)c2sc3ccccc3c2C=1. The van der Waals surface area contributed by atoms with E-state index in [-0.39, 0.29) is 0 Å². The van der Waals surface area contributed by atoms with Crippen LogP contribution < -0.4 is 19.6 Å². The molecular weight excluding hydrogens is 833 g/mol. The summed E-state index contributed by atoms with van der Waals surface area (Å²) in [4.78, 5) is 11.9. The van der Waals surface area contributed by atoms with Crippen molar-refractivity contribution in [2.75, 3.05) is 36.0 Å². The van der Waals surface area contributed by atoms with Gasteiger partial charge in [0.15, 0.2) is 11.6 Å². The third-order valence-electron chi connectivity index (χ3n) is 13.1. The van der Waals surface area contributed by atoms with Gasteiger partial charge in [-0.25, -0.2) is 0 Å². The van der Waals surface area contributed by atoms with Crippen LogP contribution in [0.5, 0.6) is 0 Å². The van der Waals surface area contributed by atoms with E-state index in [1.54, 1.807) is 0 Å². The highest BCUT2D eigenvalue weighted by molar-refractivity contribution is 7.27.